The first-order chi connectivity index (χ1) is 6.50. The molecule has 0 aromatic carbocycles. The third-order valence-electron chi connectivity index (χ3n) is 1.85. The van der Waals surface area contributed by atoms with E-state index < -0.39 is 11.6 Å². The van der Waals surface area contributed by atoms with Crippen LogP contribution in [-0.2, 0) is 4.79 Å². The molecule has 14 heavy (non-hydrogen) atoms. The van der Waals surface area contributed by atoms with Gasteiger partial charge in [0.25, 0.3) is 0 Å². The second kappa shape index (κ2) is 6.41. The summed E-state index contributed by atoms with van der Waals surface area (Å²) in [5.74, 6) is 1.31. The zero-order valence-electron chi connectivity index (χ0n) is 8.42. The maximum atomic E-state index is 10.5. The van der Waals surface area contributed by atoms with Crippen molar-refractivity contribution in [3.8, 4) is 12.3 Å². The highest BCUT2D eigenvalue weighted by molar-refractivity contribution is 5.76. The van der Waals surface area contributed by atoms with Gasteiger partial charge in [-0.1, -0.05) is 0 Å². The van der Waals surface area contributed by atoms with E-state index >= 15 is 0 Å². The van der Waals surface area contributed by atoms with Crippen molar-refractivity contribution in [2.24, 2.45) is 0 Å². The van der Waals surface area contributed by atoms with E-state index in [1.54, 1.807) is 0 Å². The van der Waals surface area contributed by atoms with Crippen molar-refractivity contribution >= 4 is 5.97 Å². The fraction of sp³-hybridized carbons (Fsp3) is 0.700. The van der Waals surface area contributed by atoms with Crippen LogP contribution in [0.2, 0.25) is 0 Å². The van der Waals surface area contributed by atoms with Crippen LogP contribution in [-0.4, -0.2) is 34.9 Å². The lowest BCUT2D eigenvalue weighted by molar-refractivity contribution is -0.156. The van der Waals surface area contributed by atoms with Crippen LogP contribution in [0.3, 0.4) is 0 Å². The summed E-state index contributed by atoms with van der Waals surface area (Å²) in [6.45, 7) is 1.99. The van der Waals surface area contributed by atoms with Crippen molar-refractivity contribution in [2.45, 2.75) is 31.8 Å². The predicted octanol–water partition coefficient (Wildman–Crippen LogP) is 0.215. The minimum atomic E-state index is -1.69. The molecule has 0 saturated carbocycles. The number of aliphatic carboxylic acids is 1. The lowest BCUT2D eigenvalue weighted by Gasteiger charge is -2.18. The van der Waals surface area contributed by atoms with Crippen molar-refractivity contribution in [1.82, 2.24) is 5.32 Å². The van der Waals surface area contributed by atoms with Gasteiger partial charge in [0.1, 0.15) is 0 Å². The zero-order valence-corrected chi connectivity index (χ0v) is 8.42. The molecule has 0 aliphatic rings. The second-order valence-corrected chi connectivity index (χ2v) is 3.42. The van der Waals surface area contributed by atoms with Crippen LogP contribution < -0.4 is 5.32 Å². The van der Waals surface area contributed by atoms with Crippen molar-refractivity contribution < 1.29 is 15.0 Å². The molecular weight excluding hydrogens is 182 g/mol. The molecule has 0 heterocycles. The van der Waals surface area contributed by atoms with Gasteiger partial charge in [-0.3, -0.25) is 0 Å². The smallest absolute Gasteiger partial charge is 0.336 e. The van der Waals surface area contributed by atoms with Gasteiger partial charge in [-0.25, -0.2) is 4.79 Å². The largest absolute Gasteiger partial charge is 0.479 e. The fourth-order valence-electron chi connectivity index (χ4n) is 0.884. The molecule has 0 bridgehead atoms. The Bertz CT molecular complexity index is 218. The summed E-state index contributed by atoms with van der Waals surface area (Å²) in [6.07, 6.45) is 7.60. The third-order valence-corrected chi connectivity index (χ3v) is 1.85. The van der Waals surface area contributed by atoms with E-state index in [4.69, 9.17) is 11.5 Å². The molecule has 4 nitrogen and oxygen atoms in total. The normalized spacial score (nSPS) is 14.4. The second-order valence-electron chi connectivity index (χ2n) is 3.42. The van der Waals surface area contributed by atoms with Crippen LogP contribution in [0, 0.1) is 12.3 Å². The topological polar surface area (TPSA) is 69.6 Å². The van der Waals surface area contributed by atoms with Gasteiger partial charge in [-0.05, 0) is 26.3 Å². The van der Waals surface area contributed by atoms with Crippen molar-refractivity contribution in [3.63, 3.8) is 0 Å². The lowest BCUT2D eigenvalue weighted by atomic mass is 10.1. The molecule has 80 valence electrons. The third kappa shape index (κ3) is 5.57. The predicted molar refractivity (Wildman–Crippen MR) is 53.8 cm³/mol. The summed E-state index contributed by atoms with van der Waals surface area (Å²) in [5.41, 5.74) is -1.69. The van der Waals surface area contributed by atoms with Crippen LogP contribution in [0.15, 0.2) is 0 Å². The van der Waals surface area contributed by atoms with Crippen LogP contribution in [0.5, 0.6) is 0 Å². The summed E-state index contributed by atoms with van der Waals surface area (Å²) < 4.78 is 0. The summed E-state index contributed by atoms with van der Waals surface area (Å²) in [7, 11) is 0. The van der Waals surface area contributed by atoms with Gasteiger partial charge < -0.3 is 15.5 Å². The molecule has 0 fully saturated rings. The Morgan fingerprint density at radius 2 is 2.21 bits per heavy atom. The number of unbranched alkanes of at least 4 members (excludes halogenated alkanes) is 2. The molecule has 0 aromatic rings. The van der Waals surface area contributed by atoms with E-state index in [-0.39, 0.29) is 6.54 Å². The first-order valence-corrected chi connectivity index (χ1v) is 4.60. The minimum Gasteiger partial charge on any atom is -0.479 e. The van der Waals surface area contributed by atoms with Crippen molar-refractivity contribution in [1.29, 1.82) is 0 Å². The Labute approximate surface area is 84.3 Å². The van der Waals surface area contributed by atoms with Gasteiger partial charge >= 0.3 is 5.97 Å². The van der Waals surface area contributed by atoms with Gasteiger partial charge in [0.2, 0.25) is 0 Å². The minimum absolute atomic E-state index is 0.0540. The maximum absolute atomic E-state index is 10.5. The number of terminal acetylenes is 1. The van der Waals surface area contributed by atoms with E-state index in [0.717, 1.165) is 19.3 Å². The molecule has 0 radical (unpaired) electrons. The zero-order chi connectivity index (χ0) is 11.0. The Kier molecular flexibility index (Phi) is 5.93. The monoisotopic (exact) mass is 199 g/mol. The summed E-state index contributed by atoms with van der Waals surface area (Å²) in [4.78, 5) is 10.5. The number of rotatable bonds is 7. The fourth-order valence-corrected chi connectivity index (χ4v) is 0.884. The van der Waals surface area contributed by atoms with Gasteiger partial charge in [-0.15, -0.1) is 12.3 Å². The number of aliphatic hydroxyl groups is 1. The van der Waals surface area contributed by atoms with Gasteiger partial charge in [-0.2, -0.15) is 0 Å². The molecule has 0 rings (SSSR count). The highest BCUT2D eigenvalue weighted by atomic mass is 16.4. The van der Waals surface area contributed by atoms with E-state index in [9.17, 15) is 9.90 Å². The molecule has 1 atom stereocenters. The number of hydrogen-bond acceptors (Lipinski definition) is 3. The number of carboxylic acids is 1. The van der Waals surface area contributed by atoms with Crippen LogP contribution >= 0.6 is 0 Å². The molecule has 0 saturated heterocycles. The number of carbonyl (C=O) groups is 1. The molecule has 0 aromatic heterocycles. The molecule has 0 spiro atoms. The van der Waals surface area contributed by atoms with E-state index in [2.05, 4.69) is 11.2 Å². The Hall–Kier alpha value is -1.05. The first-order valence-electron chi connectivity index (χ1n) is 4.60. The highest BCUT2D eigenvalue weighted by Crippen LogP contribution is 2.01. The van der Waals surface area contributed by atoms with Crippen molar-refractivity contribution in [3.05, 3.63) is 0 Å². The molecule has 1 unspecified atom stereocenters. The first kappa shape index (κ1) is 12.9. The van der Waals surface area contributed by atoms with Crippen molar-refractivity contribution in [2.75, 3.05) is 13.1 Å². The summed E-state index contributed by atoms with van der Waals surface area (Å²) >= 11 is 0. The SMILES string of the molecule is C#CCCCCNCC(C)(O)C(=O)O. The summed E-state index contributed by atoms with van der Waals surface area (Å²) in [6, 6.07) is 0. The highest BCUT2D eigenvalue weighted by Gasteiger charge is 2.28. The quantitative estimate of drug-likeness (QED) is 0.405. The number of carboxylic acid groups (broad SMARTS) is 1. The number of hydrogen-bond donors (Lipinski definition) is 3. The molecule has 0 aliphatic carbocycles. The number of nitrogens with one attached hydrogen (secondary N) is 1. The Morgan fingerprint density at radius 3 is 2.71 bits per heavy atom. The molecule has 0 amide bonds. The molecular formula is C10H17NO3. The van der Waals surface area contributed by atoms with Crippen LogP contribution in [0.1, 0.15) is 26.2 Å². The molecule has 0 aliphatic heterocycles. The average Bonchev–Trinajstić information content (AvgIpc) is 2.10. The summed E-state index contributed by atoms with van der Waals surface area (Å²) in [5, 5.41) is 20.7. The van der Waals surface area contributed by atoms with E-state index in [0.29, 0.717) is 6.54 Å². The van der Waals surface area contributed by atoms with E-state index in [1.807, 2.05) is 0 Å². The van der Waals surface area contributed by atoms with Gasteiger partial charge in [0, 0.05) is 13.0 Å². The Balaban J connectivity index is 3.46. The molecule has 3 N–H and O–H groups in total. The molecule has 4 heteroatoms. The van der Waals surface area contributed by atoms with Gasteiger partial charge in [0.05, 0.1) is 0 Å². The maximum Gasteiger partial charge on any atom is 0.336 e. The van der Waals surface area contributed by atoms with Crippen LogP contribution in [0.25, 0.3) is 0 Å². The lowest BCUT2D eigenvalue weighted by Crippen LogP contribution is -2.45. The average molecular weight is 199 g/mol. The van der Waals surface area contributed by atoms with Crippen LogP contribution in [0.4, 0.5) is 0 Å². The Morgan fingerprint density at radius 1 is 1.57 bits per heavy atom. The van der Waals surface area contributed by atoms with E-state index in [1.165, 1.54) is 6.92 Å². The van der Waals surface area contributed by atoms with Gasteiger partial charge in [0.15, 0.2) is 5.60 Å². The standard InChI is InChI=1S/C10H17NO3/c1-3-4-5-6-7-11-8-10(2,14)9(12)13/h1,11,14H,4-8H2,2H3,(H,12,13).